The van der Waals surface area contributed by atoms with Crippen LogP contribution in [0, 0.1) is 0 Å². The second-order valence-electron chi connectivity index (χ2n) is 7.38. The van der Waals surface area contributed by atoms with Gasteiger partial charge < -0.3 is 10.6 Å². The van der Waals surface area contributed by atoms with Crippen molar-refractivity contribution in [1.82, 2.24) is 15.5 Å². The molecule has 0 saturated carbocycles. The predicted molar refractivity (Wildman–Crippen MR) is 115 cm³/mol. The van der Waals surface area contributed by atoms with E-state index in [4.69, 9.17) is 11.6 Å². The Kier molecular flexibility index (Phi) is 5.18. The standard InChI is InChI=1S/C23H20ClN3O3/c1-23(19-11-5-8-16-7-2-3-10-18(16)19)21(29)27(22(30)26-23)14-20(28)25-13-15-6-4-9-17(24)12-15/h2-12H,13-14H2,1H3,(H,25,28)(H,26,30)/t23-/m1/s1. The Morgan fingerprint density at radius 1 is 1.07 bits per heavy atom. The topological polar surface area (TPSA) is 78.5 Å². The van der Waals surface area contributed by atoms with Gasteiger partial charge in [0.1, 0.15) is 12.1 Å². The number of fused-ring (bicyclic) bond motifs is 1. The number of nitrogens with zero attached hydrogens (tertiary/aromatic N) is 1. The van der Waals surface area contributed by atoms with Gasteiger partial charge in [-0.1, -0.05) is 66.2 Å². The van der Waals surface area contributed by atoms with E-state index < -0.39 is 23.4 Å². The number of hydrogen-bond donors (Lipinski definition) is 2. The molecule has 152 valence electrons. The molecule has 4 amide bonds. The van der Waals surface area contributed by atoms with E-state index in [-0.39, 0.29) is 13.1 Å². The molecule has 3 aromatic rings. The van der Waals surface area contributed by atoms with Crippen molar-refractivity contribution >= 4 is 40.2 Å². The molecule has 1 saturated heterocycles. The van der Waals surface area contributed by atoms with Crippen LogP contribution in [0.4, 0.5) is 4.79 Å². The third-order valence-electron chi connectivity index (χ3n) is 5.28. The van der Waals surface area contributed by atoms with Crippen LogP contribution in [0.2, 0.25) is 5.02 Å². The lowest BCUT2D eigenvalue weighted by Crippen LogP contribution is -2.43. The third kappa shape index (κ3) is 3.62. The van der Waals surface area contributed by atoms with Gasteiger partial charge in [0, 0.05) is 11.6 Å². The number of benzene rings is 3. The smallest absolute Gasteiger partial charge is 0.325 e. The summed E-state index contributed by atoms with van der Waals surface area (Å²) in [5.41, 5.74) is 0.278. The van der Waals surface area contributed by atoms with Crippen LogP contribution in [0.15, 0.2) is 66.7 Å². The monoisotopic (exact) mass is 421 g/mol. The first-order valence-electron chi connectivity index (χ1n) is 9.52. The fraction of sp³-hybridized carbons (Fsp3) is 0.174. The molecule has 1 aliphatic rings. The molecule has 1 atom stereocenters. The molecular weight excluding hydrogens is 402 g/mol. The van der Waals surface area contributed by atoms with Crippen LogP contribution >= 0.6 is 11.6 Å². The van der Waals surface area contributed by atoms with Crippen molar-refractivity contribution in [3.05, 3.63) is 82.9 Å². The summed E-state index contributed by atoms with van der Waals surface area (Å²) in [6.07, 6.45) is 0. The van der Waals surface area contributed by atoms with Gasteiger partial charge in [0.2, 0.25) is 5.91 Å². The first-order valence-corrected chi connectivity index (χ1v) is 9.90. The molecule has 4 rings (SSSR count). The maximum absolute atomic E-state index is 13.2. The second kappa shape index (κ2) is 7.80. The zero-order valence-corrected chi connectivity index (χ0v) is 17.1. The average molecular weight is 422 g/mol. The molecule has 1 heterocycles. The van der Waals surface area contributed by atoms with Crippen LogP contribution in [0.5, 0.6) is 0 Å². The number of halogens is 1. The zero-order chi connectivity index (χ0) is 21.3. The van der Waals surface area contributed by atoms with Gasteiger partial charge in [0.25, 0.3) is 5.91 Å². The van der Waals surface area contributed by atoms with Gasteiger partial charge in [-0.2, -0.15) is 0 Å². The zero-order valence-electron chi connectivity index (χ0n) is 16.3. The van der Waals surface area contributed by atoms with Crippen molar-refractivity contribution in [3.8, 4) is 0 Å². The summed E-state index contributed by atoms with van der Waals surface area (Å²) in [4.78, 5) is 39.1. The van der Waals surface area contributed by atoms with Crippen molar-refractivity contribution in [2.45, 2.75) is 19.0 Å². The van der Waals surface area contributed by atoms with Crippen LogP contribution in [-0.4, -0.2) is 29.3 Å². The van der Waals surface area contributed by atoms with Crippen LogP contribution in [0.1, 0.15) is 18.1 Å². The van der Waals surface area contributed by atoms with Crippen LogP contribution in [0.25, 0.3) is 10.8 Å². The number of urea groups is 1. The van der Waals surface area contributed by atoms with E-state index in [9.17, 15) is 14.4 Å². The van der Waals surface area contributed by atoms with Gasteiger partial charge in [0.15, 0.2) is 0 Å². The van der Waals surface area contributed by atoms with E-state index in [1.165, 1.54) is 0 Å². The number of rotatable bonds is 5. The maximum Gasteiger partial charge on any atom is 0.325 e. The number of carbonyl (C=O) groups excluding carboxylic acids is 3. The number of amides is 4. The van der Waals surface area contributed by atoms with E-state index in [0.717, 1.165) is 21.2 Å². The van der Waals surface area contributed by atoms with Crippen LogP contribution < -0.4 is 10.6 Å². The number of imide groups is 1. The molecule has 0 radical (unpaired) electrons. The maximum atomic E-state index is 13.2. The molecule has 1 fully saturated rings. The minimum Gasteiger partial charge on any atom is -0.350 e. The lowest BCUT2D eigenvalue weighted by atomic mass is 9.88. The van der Waals surface area contributed by atoms with Gasteiger partial charge in [-0.05, 0) is 41.0 Å². The van der Waals surface area contributed by atoms with Crippen molar-refractivity contribution in [1.29, 1.82) is 0 Å². The highest BCUT2D eigenvalue weighted by Crippen LogP contribution is 2.33. The highest BCUT2D eigenvalue weighted by atomic mass is 35.5. The highest BCUT2D eigenvalue weighted by Gasteiger charge is 2.50. The van der Waals surface area contributed by atoms with Gasteiger partial charge in [-0.3, -0.25) is 14.5 Å². The molecule has 0 bridgehead atoms. The Balaban J connectivity index is 1.51. The molecule has 0 aliphatic carbocycles. The minimum absolute atomic E-state index is 0.254. The normalized spacial score (nSPS) is 18.5. The SMILES string of the molecule is C[C@]1(c2cccc3ccccc23)NC(=O)N(CC(=O)NCc2cccc(Cl)c2)C1=O. The molecular formula is C23H20ClN3O3. The van der Waals surface area contributed by atoms with E-state index in [2.05, 4.69) is 10.6 Å². The molecule has 0 spiro atoms. The average Bonchev–Trinajstić information content (AvgIpc) is 2.95. The summed E-state index contributed by atoms with van der Waals surface area (Å²) < 4.78 is 0. The second-order valence-corrected chi connectivity index (χ2v) is 7.82. The molecule has 1 aliphatic heterocycles. The van der Waals surface area contributed by atoms with E-state index >= 15 is 0 Å². The van der Waals surface area contributed by atoms with Crippen molar-refractivity contribution in [2.75, 3.05) is 6.54 Å². The molecule has 7 heteroatoms. The first-order chi connectivity index (χ1) is 14.4. The van der Waals surface area contributed by atoms with Crippen molar-refractivity contribution in [2.24, 2.45) is 0 Å². The Bertz CT molecular complexity index is 1160. The van der Waals surface area contributed by atoms with E-state index in [0.29, 0.717) is 10.6 Å². The molecule has 0 unspecified atom stereocenters. The largest absolute Gasteiger partial charge is 0.350 e. The fourth-order valence-corrected chi connectivity index (χ4v) is 3.94. The number of carbonyl (C=O) groups is 3. The Morgan fingerprint density at radius 2 is 1.80 bits per heavy atom. The summed E-state index contributed by atoms with van der Waals surface area (Å²) in [7, 11) is 0. The first kappa shape index (κ1) is 19.9. The molecule has 0 aromatic heterocycles. The number of hydrogen-bond acceptors (Lipinski definition) is 3. The predicted octanol–water partition coefficient (Wildman–Crippen LogP) is 3.58. The lowest BCUT2D eigenvalue weighted by Gasteiger charge is -2.24. The summed E-state index contributed by atoms with van der Waals surface area (Å²) in [6, 6.07) is 19.8. The lowest BCUT2D eigenvalue weighted by molar-refractivity contribution is -0.134. The summed E-state index contributed by atoms with van der Waals surface area (Å²) in [6.45, 7) is 1.56. The molecule has 6 nitrogen and oxygen atoms in total. The van der Waals surface area contributed by atoms with Crippen LogP contribution in [0.3, 0.4) is 0 Å². The van der Waals surface area contributed by atoms with E-state index in [1.54, 1.807) is 25.1 Å². The minimum atomic E-state index is -1.24. The molecule has 2 N–H and O–H groups in total. The van der Waals surface area contributed by atoms with Gasteiger partial charge >= 0.3 is 6.03 Å². The number of nitrogens with one attached hydrogen (secondary N) is 2. The molecule has 3 aromatic carbocycles. The summed E-state index contributed by atoms with van der Waals surface area (Å²) in [5.74, 6) is -0.887. The van der Waals surface area contributed by atoms with Crippen molar-refractivity contribution in [3.63, 3.8) is 0 Å². The Labute approximate surface area is 178 Å². The van der Waals surface area contributed by atoms with Crippen LogP contribution in [-0.2, 0) is 21.7 Å². The highest BCUT2D eigenvalue weighted by molar-refractivity contribution is 6.30. The Morgan fingerprint density at radius 3 is 2.60 bits per heavy atom. The molecule has 30 heavy (non-hydrogen) atoms. The van der Waals surface area contributed by atoms with E-state index in [1.807, 2.05) is 48.5 Å². The Hall–Kier alpha value is -3.38. The fourth-order valence-electron chi connectivity index (χ4n) is 3.73. The van der Waals surface area contributed by atoms with Gasteiger partial charge in [0.05, 0.1) is 0 Å². The quantitative estimate of drug-likeness (QED) is 0.618. The third-order valence-corrected chi connectivity index (χ3v) is 5.52. The van der Waals surface area contributed by atoms with Gasteiger partial charge in [-0.15, -0.1) is 0 Å². The summed E-state index contributed by atoms with van der Waals surface area (Å²) in [5, 5.41) is 7.90. The summed E-state index contributed by atoms with van der Waals surface area (Å²) >= 11 is 5.95. The van der Waals surface area contributed by atoms with Gasteiger partial charge in [-0.25, -0.2) is 4.79 Å². The van der Waals surface area contributed by atoms with Crippen molar-refractivity contribution < 1.29 is 14.4 Å².